The summed E-state index contributed by atoms with van der Waals surface area (Å²) in [7, 11) is 0. The number of aryl methyl sites for hydroxylation is 2. The minimum absolute atomic E-state index is 0.0436. The summed E-state index contributed by atoms with van der Waals surface area (Å²) in [6, 6.07) is 4.64. The lowest BCUT2D eigenvalue weighted by Crippen LogP contribution is -2.43. The average Bonchev–Trinajstić information content (AvgIpc) is 2.88. The van der Waals surface area contributed by atoms with Crippen LogP contribution in [-0.4, -0.2) is 47.4 Å². The van der Waals surface area contributed by atoms with E-state index < -0.39 is 0 Å². The molecule has 1 aliphatic rings. The number of nitrogens with one attached hydrogen (secondary N) is 1. The molecule has 0 unspecified atom stereocenters. The maximum atomic E-state index is 13.3. The summed E-state index contributed by atoms with van der Waals surface area (Å²) in [5.41, 5.74) is 4.22. The van der Waals surface area contributed by atoms with E-state index in [1.54, 1.807) is 24.1 Å². The van der Waals surface area contributed by atoms with Gasteiger partial charge in [-0.3, -0.25) is 9.80 Å². The van der Waals surface area contributed by atoms with Crippen molar-refractivity contribution in [2.45, 2.75) is 19.8 Å². The topological polar surface area (TPSA) is 80.5 Å². The van der Waals surface area contributed by atoms with Crippen LogP contribution < -0.4 is 5.43 Å². The van der Waals surface area contributed by atoms with Crippen molar-refractivity contribution in [3.63, 3.8) is 0 Å². The Labute approximate surface area is 138 Å². The SMILES string of the molecule is Cc1cc(-c2noc(CCC(=O)N3CCOCCN3)n2)ccc1F. The summed E-state index contributed by atoms with van der Waals surface area (Å²) in [5, 5.41) is 5.46. The minimum Gasteiger partial charge on any atom is -0.378 e. The number of carbonyl (C=O) groups is 1. The van der Waals surface area contributed by atoms with Gasteiger partial charge in [0, 0.05) is 24.9 Å². The normalized spacial score (nSPS) is 15.3. The standard InChI is InChI=1S/C16H19FN4O3/c1-11-10-12(2-3-13(11)17)16-19-14(24-20-16)4-5-15(22)21-7-9-23-8-6-18-21/h2-3,10,18H,4-9H2,1H3. The van der Waals surface area contributed by atoms with E-state index >= 15 is 0 Å². The first-order valence-corrected chi connectivity index (χ1v) is 7.84. The third-order valence-corrected chi connectivity index (χ3v) is 3.75. The maximum Gasteiger partial charge on any atom is 0.237 e. The molecule has 2 aromatic rings. The number of hydrogen-bond donors (Lipinski definition) is 1. The minimum atomic E-state index is -0.276. The van der Waals surface area contributed by atoms with Crippen molar-refractivity contribution in [3.05, 3.63) is 35.5 Å². The Hall–Kier alpha value is -2.32. The van der Waals surface area contributed by atoms with E-state index in [9.17, 15) is 9.18 Å². The largest absolute Gasteiger partial charge is 0.378 e. The number of aromatic nitrogens is 2. The molecule has 8 heteroatoms. The van der Waals surface area contributed by atoms with Crippen molar-refractivity contribution in [2.75, 3.05) is 26.3 Å². The van der Waals surface area contributed by atoms with E-state index in [0.29, 0.717) is 55.6 Å². The van der Waals surface area contributed by atoms with Crippen LogP contribution in [0.1, 0.15) is 17.9 Å². The molecule has 0 bridgehead atoms. The van der Waals surface area contributed by atoms with E-state index in [0.717, 1.165) is 0 Å². The smallest absolute Gasteiger partial charge is 0.237 e. The fraction of sp³-hybridized carbons (Fsp3) is 0.438. The second-order valence-electron chi connectivity index (χ2n) is 5.54. The number of carbonyl (C=O) groups excluding carboxylic acids is 1. The molecule has 1 aromatic heterocycles. The Bertz CT molecular complexity index is 711. The van der Waals surface area contributed by atoms with Gasteiger partial charge in [0.2, 0.25) is 17.6 Å². The van der Waals surface area contributed by atoms with Gasteiger partial charge in [0.25, 0.3) is 0 Å². The van der Waals surface area contributed by atoms with Gasteiger partial charge in [0.1, 0.15) is 5.82 Å². The van der Waals surface area contributed by atoms with Gasteiger partial charge in [-0.05, 0) is 30.7 Å². The molecule has 0 spiro atoms. The Morgan fingerprint density at radius 3 is 3.12 bits per heavy atom. The third-order valence-electron chi connectivity index (χ3n) is 3.75. The van der Waals surface area contributed by atoms with Crippen molar-refractivity contribution in [3.8, 4) is 11.4 Å². The number of hydrogen-bond acceptors (Lipinski definition) is 6. The predicted octanol–water partition coefficient (Wildman–Crippen LogP) is 1.48. The first-order chi connectivity index (χ1) is 11.6. The van der Waals surface area contributed by atoms with Crippen LogP contribution in [0.2, 0.25) is 0 Å². The second-order valence-corrected chi connectivity index (χ2v) is 5.54. The van der Waals surface area contributed by atoms with Crippen LogP contribution in [0.5, 0.6) is 0 Å². The molecule has 1 N–H and O–H groups in total. The molecule has 128 valence electrons. The summed E-state index contributed by atoms with van der Waals surface area (Å²) in [5.74, 6) is 0.452. The van der Waals surface area contributed by atoms with Gasteiger partial charge in [0.05, 0.1) is 19.8 Å². The lowest BCUT2D eigenvalue weighted by atomic mass is 10.1. The fourth-order valence-electron chi connectivity index (χ4n) is 2.41. The molecule has 7 nitrogen and oxygen atoms in total. The first-order valence-electron chi connectivity index (χ1n) is 7.84. The quantitative estimate of drug-likeness (QED) is 0.912. The van der Waals surface area contributed by atoms with E-state index in [1.807, 2.05) is 0 Å². The molecule has 1 amide bonds. The van der Waals surface area contributed by atoms with Gasteiger partial charge in [-0.1, -0.05) is 5.16 Å². The summed E-state index contributed by atoms with van der Waals surface area (Å²) in [6.07, 6.45) is 0.613. The highest BCUT2D eigenvalue weighted by molar-refractivity contribution is 5.75. The highest BCUT2D eigenvalue weighted by atomic mass is 19.1. The zero-order valence-electron chi connectivity index (χ0n) is 13.4. The second kappa shape index (κ2) is 7.50. The molecule has 0 aliphatic carbocycles. The van der Waals surface area contributed by atoms with Crippen molar-refractivity contribution >= 4 is 5.91 Å². The lowest BCUT2D eigenvalue weighted by Gasteiger charge is -2.19. The number of rotatable bonds is 4. The highest BCUT2D eigenvalue weighted by Gasteiger charge is 2.17. The van der Waals surface area contributed by atoms with Crippen molar-refractivity contribution < 1.29 is 18.4 Å². The molecular formula is C16H19FN4O3. The molecule has 1 saturated heterocycles. The monoisotopic (exact) mass is 334 g/mol. The number of hydrazine groups is 1. The molecule has 1 aliphatic heterocycles. The van der Waals surface area contributed by atoms with Crippen LogP contribution in [0.15, 0.2) is 22.7 Å². The van der Waals surface area contributed by atoms with E-state index in [-0.39, 0.29) is 18.1 Å². The number of ether oxygens (including phenoxy) is 1. The van der Waals surface area contributed by atoms with Crippen molar-refractivity contribution in [1.29, 1.82) is 0 Å². The summed E-state index contributed by atoms with van der Waals surface area (Å²) in [4.78, 5) is 16.4. The zero-order valence-corrected chi connectivity index (χ0v) is 13.4. The Morgan fingerprint density at radius 2 is 2.29 bits per heavy atom. The van der Waals surface area contributed by atoms with Gasteiger partial charge in [-0.15, -0.1) is 0 Å². The van der Waals surface area contributed by atoms with Gasteiger partial charge in [-0.25, -0.2) is 9.82 Å². The van der Waals surface area contributed by atoms with E-state index in [4.69, 9.17) is 9.26 Å². The van der Waals surface area contributed by atoms with Gasteiger partial charge in [-0.2, -0.15) is 4.98 Å². The number of halogens is 1. The molecule has 0 atom stereocenters. The molecule has 0 radical (unpaired) electrons. The fourth-order valence-corrected chi connectivity index (χ4v) is 2.41. The van der Waals surface area contributed by atoms with Crippen LogP contribution in [0, 0.1) is 12.7 Å². The van der Waals surface area contributed by atoms with Crippen LogP contribution in [0.25, 0.3) is 11.4 Å². The zero-order chi connectivity index (χ0) is 16.9. The van der Waals surface area contributed by atoms with Crippen molar-refractivity contribution in [1.82, 2.24) is 20.6 Å². The lowest BCUT2D eigenvalue weighted by molar-refractivity contribution is -0.134. The molecule has 1 aromatic carbocycles. The highest BCUT2D eigenvalue weighted by Crippen LogP contribution is 2.19. The molecule has 24 heavy (non-hydrogen) atoms. The van der Waals surface area contributed by atoms with E-state index in [1.165, 1.54) is 6.07 Å². The summed E-state index contributed by atoms with van der Waals surface area (Å²) < 4.78 is 23.8. The van der Waals surface area contributed by atoms with E-state index in [2.05, 4.69) is 15.6 Å². The van der Waals surface area contributed by atoms with Crippen molar-refractivity contribution in [2.24, 2.45) is 0 Å². The van der Waals surface area contributed by atoms with Crippen LogP contribution in [-0.2, 0) is 16.0 Å². The summed E-state index contributed by atoms with van der Waals surface area (Å²) >= 11 is 0. The third kappa shape index (κ3) is 3.95. The number of nitrogens with zero attached hydrogens (tertiary/aromatic N) is 3. The van der Waals surface area contributed by atoms with Crippen LogP contribution in [0.3, 0.4) is 0 Å². The van der Waals surface area contributed by atoms with Gasteiger partial charge >= 0.3 is 0 Å². The van der Waals surface area contributed by atoms with Gasteiger partial charge in [0.15, 0.2) is 0 Å². The molecule has 3 rings (SSSR count). The first kappa shape index (κ1) is 16.5. The van der Waals surface area contributed by atoms with Crippen LogP contribution in [0.4, 0.5) is 4.39 Å². The number of benzene rings is 1. The maximum absolute atomic E-state index is 13.3. The Kier molecular flexibility index (Phi) is 5.17. The predicted molar refractivity (Wildman–Crippen MR) is 83.3 cm³/mol. The van der Waals surface area contributed by atoms with Crippen LogP contribution >= 0.6 is 0 Å². The molecule has 2 heterocycles. The Morgan fingerprint density at radius 1 is 1.42 bits per heavy atom. The molecule has 1 fully saturated rings. The van der Waals surface area contributed by atoms with Gasteiger partial charge < -0.3 is 9.26 Å². The molecular weight excluding hydrogens is 315 g/mol. The Balaban J connectivity index is 1.59. The molecule has 0 saturated carbocycles. The average molecular weight is 334 g/mol. The number of amides is 1. The summed E-state index contributed by atoms with van der Waals surface area (Å²) in [6.45, 7) is 3.92.